The lowest BCUT2D eigenvalue weighted by Gasteiger charge is -2.25. The molecule has 0 aromatic carbocycles. The number of hydrogen-bond donors (Lipinski definition) is 0. The third-order valence-corrected chi connectivity index (χ3v) is 7.54. The minimum absolute atomic E-state index is 0.448. The van der Waals surface area contributed by atoms with Crippen molar-refractivity contribution >= 4 is 24.2 Å². The molecule has 1 nitrogen and oxygen atoms in total. The molecule has 0 radical (unpaired) electrons. The van der Waals surface area contributed by atoms with Gasteiger partial charge in [0.2, 0.25) is 0 Å². The molecule has 0 aromatic heterocycles. The van der Waals surface area contributed by atoms with Gasteiger partial charge in [0.1, 0.15) is 0 Å². The molecule has 0 heterocycles. The summed E-state index contributed by atoms with van der Waals surface area (Å²) in [5.41, 5.74) is 0. The van der Waals surface area contributed by atoms with Gasteiger partial charge in [-0.1, -0.05) is 35.7 Å². The topological polar surface area (TPSA) is 9.23 Å². The zero-order valence-electron chi connectivity index (χ0n) is 8.69. The highest BCUT2D eigenvalue weighted by atomic mass is 79.9. The van der Waals surface area contributed by atoms with E-state index >= 15 is 0 Å². The van der Waals surface area contributed by atoms with Gasteiger partial charge in [0.05, 0.1) is 0 Å². The summed E-state index contributed by atoms with van der Waals surface area (Å²) in [6, 6.07) is 0. The van der Waals surface area contributed by atoms with E-state index in [1.807, 2.05) is 0 Å². The fraction of sp³-hybridized carbons (Fsp3) is 1.00. The van der Waals surface area contributed by atoms with E-state index < -0.39 is 8.32 Å². The van der Waals surface area contributed by atoms with E-state index in [1.54, 1.807) is 0 Å². The first kappa shape index (κ1) is 12.7. The molecule has 0 fully saturated rings. The Labute approximate surface area is 86.1 Å². The molecule has 0 saturated carbocycles. The first-order chi connectivity index (χ1) is 5.52. The van der Waals surface area contributed by atoms with Crippen LogP contribution < -0.4 is 0 Å². The highest BCUT2D eigenvalue weighted by Crippen LogP contribution is 2.14. The van der Waals surface area contributed by atoms with Crippen LogP contribution in [0.5, 0.6) is 0 Å². The summed E-state index contributed by atoms with van der Waals surface area (Å²) in [4.78, 5) is 1.04. The second-order valence-electron chi connectivity index (χ2n) is 3.96. The minimum Gasteiger partial charge on any atom is -0.414 e. The predicted molar refractivity (Wildman–Crippen MR) is 61.3 cm³/mol. The maximum Gasteiger partial charge on any atom is 0.197 e. The Balaban J connectivity index is 3.60. The minimum atomic E-state index is -1.37. The summed E-state index contributed by atoms with van der Waals surface area (Å²) < 4.78 is 5.98. The molecule has 12 heavy (non-hydrogen) atoms. The standard InChI is InChI=1S/C9H21BrOSi/c1-5-6-7-9(2)11-12(3,4)8-10/h9H,5-8H2,1-4H3. The number of alkyl halides is 1. The fourth-order valence-corrected chi connectivity index (χ4v) is 2.79. The Bertz CT molecular complexity index is 117. The van der Waals surface area contributed by atoms with Crippen molar-refractivity contribution in [3.8, 4) is 0 Å². The lowest BCUT2D eigenvalue weighted by molar-refractivity contribution is 0.200. The molecule has 1 atom stereocenters. The molecule has 74 valence electrons. The molecule has 0 amide bonds. The van der Waals surface area contributed by atoms with Crippen molar-refractivity contribution < 1.29 is 4.43 Å². The molecule has 0 aliphatic carbocycles. The van der Waals surface area contributed by atoms with E-state index in [1.165, 1.54) is 19.3 Å². The van der Waals surface area contributed by atoms with Crippen molar-refractivity contribution in [3.05, 3.63) is 0 Å². The van der Waals surface area contributed by atoms with Crippen molar-refractivity contribution in [2.24, 2.45) is 0 Å². The summed E-state index contributed by atoms with van der Waals surface area (Å²) >= 11 is 3.50. The highest BCUT2D eigenvalue weighted by molar-refractivity contribution is 9.09. The van der Waals surface area contributed by atoms with E-state index in [0.717, 1.165) is 4.95 Å². The number of halogens is 1. The quantitative estimate of drug-likeness (QED) is 0.518. The third-order valence-electron chi connectivity index (χ3n) is 1.81. The SMILES string of the molecule is CCCCC(C)O[Si](C)(C)CBr. The van der Waals surface area contributed by atoms with Crippen LogP contribution in [0, 0.1) is 0 Å². The molecule has 3 heteroatoms. The maximum atomic E-state index is 5.98. The molecular formula is C9H21BrOSi. The van der Waals surface area contributed by atoms with Crippen molar-refractivity contribution in [2.45, 2.75) is 52.3 Å². The van der Waals surface area contributed by atoms with E-state index in [-0.39, 0.29) is 0 Å². The van der Waals surface area contributed by atoms with Gasteiger partial charge in [-0.15, -0.1) is 0 Å². The molecule has 0 aliphatic rings. The first-order valence-corrected chi connectivity index (χ1v) is 8.99. The lowest BCUT2D eigenvalue weighted by Crippen LogP contribution is -2.36. The van der Waals surface area contributed by atoms with Gasteiger partial charge in [0, 0.05) is 11.1 Å². The summed E-state index contributed by atoms with van der Waals surface area (Å²) in [5.74, 6) is 0. The van der Waals surface area contributed by atoms with Crippen LogP contribution in [0.25, 0.3) is 0 Å². The predicted octanol–water partition coefficient (Wildman–Crippen LogP) is 3.72. The lowest BCUT2D eigenvalue weighted by atomic mass is 10.2. The van der Waals surface area contributed by atoms with Gasteiger partial charge >= 0.3 is 0 Å². The zero-order chi connectivity index (χ0) is 9.61. The Kier molecular flexibility index (Phi) is 6.50. The van der Waals surface area contributed by atoms with Crippen molar-refractivity contribution in [1.29, 1.82) is 0 Å². The second kappa shape index (κ2) is 6.16. The van der Waals surface area contributed by atoms with Gasteiger partial charge < -0.3 is 4.43 Å². The van der Waals surface area contributed by atoms with Gasteiger partial charge in [-0.25, -0.2) is 0 Å². The average molecular weight is 253 g/mol. The highest BCUT2D eigenvalue weighted by Gasteiger charge is 2.22. The molecule has 1 unspecified atom stereocenters. The van der Waals surface area contributed by atoms with Crippen molar-refractivity contribution in [3.63, 3.8) is 0 Å². The molecule has 0 bridgehead atoms. The van der Waals surface area contributed by atoms with Gasteiger partial charge in [0.15, 0.2) is 8.32 Å². The fourth-order valence-electron chi connectivity index (χ4n) is 1.13. The van der Waals surface area contributed by atoms with Crippen molar-refractivity contribution in [1.82, 2.24) is 0 Å². The van der Waals surface area contributed by atoms with E-state index in [4.69, 9.17) is 4.43 Å². The largest absolute Gasteiger partial charge is 0.414 e. The van der Waals surface area contributed by atoms with Crippen LogP contribution in [0.3, 0.4) is 0 Å². The van der Waals surface area contributed by atoms with Crippen LogP contribution >= 0.6 is 15.9 Å². The zero-order valence-corrected chi connectivity index (χ0v) is 11.3. The van der Waals surface area contributed by atoms with E-state index in [9.17, 15) is 0 Å². The average Bonchev–Trinajstić information content (AvgIpc) is 2.00. The third kappa shape index (κ3) is 6.20. The van der Waals surface area contributed by atoms with Crippen LogP contribution in [-0.4, -0.2) is 19.4 Å². The summed E-state index contributed by atoms with van der Waals surface area (Å²) in [7, 11) is -1.37. The van der Waals surface area contributed by atoms with Crippen LogP contribution in [0.1, 0.15) is 33.1 Å². The molecule has 0 N–H and O–H groups in total. The normalized spacial score (nSPS) is 14.8. The summed E-state index contributed by atoms with van der Waals surface area (Å²) in [6.45, 7) is 8.92. The molecule has 0 spiro atoms. The van der Waals surface area contributed by atoms with E-state index in [0.29, 0.717) is 6.10 Å². The van der Waals surface area contributed by atoms with Gasteiger partial charge in [0.25, 0.3) is 0 Å². The Morgan fingerprint density at radius 2 is 2.00 bits per heavy atom. The van der Waals surface area contributed by atoms with Crippen LogP contribution in [0.4, 0.5) is 0 Å². The van der Waals surface area contributed by atoms with E-state index in [2.05, 4.69) is 42.9 Å². The maximum absolute atomic E-state index is 5.98. The number of unbranched alkanes of at least 4 members (excludes halogenated alkanes) is 1. The number of hydrogen-bond acceptors (Lipinski definition) is 1. The Morgan fingerprint density at radius 1 is 1.42 bits per heavy atom. The summed E-state index contributed by atoms with van der Waals surface area (Å²) in [5, 5.41) is 0. The monoisotopic (exact) mass is 252 g/mol. The molecule has 0 rings (SSSR count). The van der Waals surface area contributed by atoms with Gasteiger partial charge in [-0.2, -0.15) is 0 Å². The molecular weight excluding hydrogens is 232 g/mol. The Morgan fingerprint density at radius 3 is 2.42 bits per heavy atom. The molecule has 0 aromatic rings. The van der Waals surface area contributed by atoms with Gasteiger partial charge in [-0.05, 0) is 26.4 Å². The molecule has 0 saturated heterocycles. The van der Waals surface area contributed by atoms with Crippen LogP contribution in [0.2, 0.25) is 13.1 Å². The van der Waals surface area contributed by atoms with Gasteiger partial charge in [-0.3, -0.25) is 0 Å². The first-order valence-electron chi connectivity index (χ1n) is 4.75. The second-order valence-corrected chi connectivity index (χ2v) is 9.67. The van der Waals surface area contributed by atoms with Crippen LogP contribution in [-0.2, 0) is 4.43 Å². The number of rotatable bonds is 6. The summed E-state index contributed by atoms with van der Waals surface area (Å²) in [6.07, 6.45) is 4.21. The smallest absolute Gasteiger partial charge is 0.197 e. The van der Waals surface area contributed by atoms with Crippen LogP contribution in [0.15, 0.2) is 0 Å². The van der Waals surface area contributed by atoms with Crippen molar-refractivity contribution in [2.75, 3.05) is 4.95 Å². The Hall–Kier alpha value is 0.657. The molecule has 0 aliphatic heterocycles.